The van der Waals surface area contributed by atoms with Crippen molar-refractivity contribution in [2.45, 2.75) is 12.3 Å². The fraction of sp³-hybridized carbons (Fsp3) is 0.143. The van der Waals surface area contributed by atoms with Gasteiger partial charge in [-0.15, -0.1) is 0 Å². The average molecular weight is 296 g/mol. The van der Waals surface area contributed by atoms with Crippen LogP contribution >= 0.6 is 23.2 Å². The first-order valence-corrected chi connectivity index (χ1v) is 6.40. The maximum atomic E-state index is 11.4. The second-order valence-electron chi connectivity index (χ2n) is 4.11. The Morgan fingerprint density at radius 1 is 1.21 bits per heavy atom. The lowest BCUT2D eigenvalue weighted by Gasteiger charge is -2.13. The normalized spacial score (nSPS) is 12.1. The van der Waals surface area contributed by atoms with E-state index in [0.29, 0.717) is 22.0 Å². The number of aliphatic carboxylic acids is 1. The van der Waals surface area contributed by atoms with E-state index in [-0.39, 0.29) is 0 Å². The Morgan fingerprint density at radius 3 is 2.47 bits per heavy atom. The van der Waals surface area contributed by atoms with Gasteiger partial charge in [0.15, 0.2) is 0 Å². The third kappa shape index (κ3) is 3.46. The van der Waals surface area contributed by atoms with Crippen LogP contribution in [0.1, 0.15) is 17.0 Å². The van der Waals surface area contributed by atoms with Crippen LogP contribution in [0.4, 0.5) is 0 Å². The van der Waals surface area contributed by atoms with Crippen LogP contribution in [-0.4, -0.2) is 16.1 Å². The SMILES string of the molecule is O=C(O)C(Cc1ccncc1Cl)c1ccc(Cl)cc1. The topological polar surface area (TPSA) is 50.2 Å². The molecule has 5 heteroatoms. The molecule has 1 aromatic heterocycles. The van der Waals surface area contributed by atoms with Crippen LogP contribution in [-0.2, 0) is 11.2 Å². The van der Waals surface area contributed by atoms with Gasteiger partial charge in [0.05, 0.1) is 10.9 Å². The molecule has 19 heavy (non-hydrogen) atoms. The van der Waals surface area contributed by atoms with Gasteiger partial charge in [-0.25, -0.2) is 0 Å². The van der Waals surface area contributed by atoms with Crippen molar-refractivity contribution in [1.29, 1.82) is 0 Å². The van der Waals surface area contributed by atoms with Crippen LogP contribution in [0.3, 0.4) is 0 Å². The van der Waals surface area contributed by atoms with E-state index in [0.717, 1.165) is 5.56 Å². The van der Waals surface area contributed by atoms with Gasteiger partial charge in [-0.05, 0) is 35.7 Å². The summed E-state index contributed by atoms with van der Waals surface area (Å²) in [6.45, 7) is 0. The van der Waals surface area contributed by atoms with Gasteiger partial charge in [-0.3, -0.25) is 9.78 Å². The lowest BCUT2D eigenvalue weighted by Crippen LogP contribution is -2.14. The molecule has 98 valence electrons. The van der Waals surface area contributed by atoms with E-state index < -0.39 is 11.9 Å². The third-order valence-electron chi connectivity index (χ3n) is 2.85. The predicted octanol–water partition coefficient (Wildman–Crippen LogP) is 3.80. The van der Waals surface area contributed by atoms with E-state index in [1.165, 1.54) is 6.20 Å². The Bertz CT molecular complexity index is 584. The zero-order valence-corrected chi connectivity index (χ0v) is 11.4. The number of pyridine rings is 1. The first kappa shape index (κ1) is 13.8. The molecule has 1 atom stereocenters. The lowest BCUT2D eigenvalue weighted by atomic mass is 9.92. The van der Waals surface area contributed by atoms with Crippen molar-refractivity contribution in [3.8, 4) is 0 Å². The molecular formula is C14H11Cl2NO2. The number of benzene rings is 1. The Hall–Kier alpha value is -1.58. The van der Waals surface area contributed by atoms with Crippen LogP contribution in [0.15, 0.2) is 42.7 Å². The minimum absolute atomic E-state index is 0.318. The predicted molar refractivity (Wildman–Crippen MR) is 74.8 cm³/mol. The number of carboxylic acid groups (broad SMARTS) is 1. The number of nitrogens with zero attached hydrogens (tertiary/aromatic N) is 1. The van der Waals surface area contributed by atoms with Gasteiger partial charge in [0.1, 0.15) is 0 Å². The summed E-state index contributed by atoms with van der Waals surface area (Å²) < 4.78 is 0. The van der Waals surface area contributed by atoms with Crippen LogP contribution in [0.2, 0.25) is 10.0 Å². The average Bonchev–Trinajstić information content (AvgIpc) is 2.39. The summed E-state index contributed by atoms with van der Waals surface area (Å²) in [5, 5.41) is 10.4. The molecule has 2 rings (SSSR count). The van der Waals surface area contributed by atoms with Crippen molar-refractivity contribution in [2.24, 2.45) is 0 Å². The molecule has 0 amide bonds. The molecule has 1 aromatic carbocycles. The van der Waals surface area contributed by atoms with Gasteiger partial charge >= 0.3 is 5.97 Å². The Morgan fingerprint density at radius 2 is 1.89 bits per heavy atom. The molecule has 1 heterocycles. The van der Waals surface area contributed by atoms with Crippen molar-refractivity contribution in [3.63, 3.8) is 0 Å². The van der Waals surface area contributed by atoms with Crippen LogP contribution in [0, 0.1) is 0 Å². The number of aromatic nitrogens is 1. The number of hydrogen-bond acceptors (Lipinski definition) is 2. The fourth-order valence-corrected chi connectivity index (χ4v) is 2.15. The van der Waals surface area contributed by atoms with Crippen LogP contribution < -0.4 is 0 Å². The van der Waals surface area contributed by atoms with E-state index in [1.54, 1.807) is 36.5 Å². The minimum Gasteiger partial charge on any atom is -0.481 e. The van der Waals surface area contributed by atoms with E-state index in [9.17, 15) is 9.90 Å². The molecule has 1 unspecified atom stereocenters. The molecule has 0 bridgehead atoms. The van der Waals surface area contributed by atoms with E-state index >= 15 is 0 Å². The number of rotatable bonds is 4. The molecule has 0 aliphatic rings. The maximum Gasteiger partial charge on any atom is 0.311 e. The highest BCUT2D eigenvalue weighted by molar-refractivity contribution is 6.31. The molecule has 0 fully saturated rings. The number of hydrogen-bond donors (Lipinski definition) is 1. The molecule has 1 N–H and O–H groups in total. The molecular weight excluding hydrogens is 285 g/mol. The van der Waals surface area contributed by atoms with Crippen molar-refractivity contribution in [2.75, 3.05) is 0 Å². The van der Waals surface area contributed by atoms with Gasteiger partial charge in [-0.2, -0.15) is 0 Å². The van der Waals surface area contributed by atoms with Crippen molar-refractivity contribution < 1.29 is 9.90 Å². The highest BCUT2D eigenvalue weighted by Gasteiger charge is 2.21. The summed E-state index contributed by atoms with van der Waals surface area (Å²) in [7, 11) is 0. The van der Waals surface area contributed by atoms with Gasteiger partial charge < -0.3 is 5.11 Å². The Kier molecular flexibility index (Phi) is 4.40. The zero-order chi connectivity index (χ0) is 13.8. The molecule has 0 saturated carbocycles. The highest BCUT2D eigenvalue weighted by atomic mass is 35.5. The van der Waals surface area contributed by atoms with Gasteiger partial charge in [0.25, 0.3) is 0 Å². The maximum absolute atomic E-state index is 11.4. The van der Waals surface area contributed by atoms with Crippen molar-refractivity contribution in [1.82, 2.24) is 4.98 Å². The molecule has 0 aliphatic carbocycles. The summed E-state index contributed by atoms with van der Waals surface area (Å²) in [6.07, 6.45) is 3.43. The number of carbonyl (C=O) groups is 1. The lowest BCUT2D eigenvalue weighted by molar-refractivity contribution is -0.138. The minimum atomic E-state index is -0.893. The molecule has 0 spiro atoms. The third-order valence-corrected chi connectivity index (χ3v) is 3.44. The van der Waals surface area contributed by atoms with Crippen LogP contribution in [0.25, 0.3) is 0 Å². The second kappa shape index (κ2) is 6.04. The van der Waals surface area contributed by atoms with Crippen molar-refractivity contribution >= 4 is 29.2 Å². The molecule has 0 saturated heterocycles. The molecule has 0 radical (unpaired) electrons. The summed E-state index contributed by atoms with van der Waals surface area (Å²) in [5.41, 5.74) is 1.46. The van der Waals surface area contributed by atoms with Gasteiger partial charge in [0.2, 0.25) is 0 Å². The highest BCUT2D eigenvalue weighted by Crippen LogP contribution is 2.26. The fourth-order valence-electron chi connectivity index (χ4n) is 1.83. The second-order valence-corrected chi connectivity index (χ2v) is 4.96. The number of halogens is 2. The smallest absolute Gasteiger partial charge is 0.311 e. The summed E-state index contributed by atoms with van der Waals surface area (Å²) in [5.74, 6) is -1.55. The molecule has 3 nitrogen and oxygen atoms in total. The standard InChI is InChI=1S/C14H11Cl2NO2/c15-11-3-1-9(2-4-11)12(14(18)19)7-10-5-6-17-8-13(10)16/h1-6,8,12H,7H2,(H,18,19). The van der Waals surface area contributed by atoms with Crippen LogP contribution in [0.5, 0.6) is 0 Å². The first-order valence-electron chi connectivity index (χ1n) is 5.64. The monoisotopic (exact) mass is 295 g/mol. The quantitative estimate of drug-likeness (QED) is 0.933. The first-order chi connectivity index (χ1) is 9.08. The Balaban J connectivity index is 2.29. The largest absolute Gasteiger partial charge is 0.481 e. The molecule has 0 aliphatic heterocycles. The summed E-state index contributed by atoms with van der Waals surface area (Å²) >= 11 is 11.8. The van der Waals surface area contributed by atoms with E-state index in [2.05, 4.69) is 4.98 Å². The van der Waals surface area contributed by atoms with E-state index in [1.807, 2.05) is 0 Å². The number of carboxylic acids is 1. The van der Waals surface area contributed by atoms with Crippen molar-refractivity contribution in [3.05, 3.63) is 63.9 Å². The van der Waals surface area contributed by atoms with Gasteiger partial charge in [-0.1, -0.05) is 35.3 Å². The molecule has 2 aromatic rings. The van der Waals surface area contributed by atoms with Gasteiger partial charge in [0, 0.05) is 17.4 Å². The Labute approximate surface area is 120 Å². The summed E-state index contributed by atoms with van der Waals surface area (Å²) in [6, 6.07) is 8.53. The van der Waals surface area contributed by atoms with E-state index in [4.69, 9.17) is 23.2 Å². The zero-order valence-electron chi connectivity index (χ0n) is 9.88. The summed E-state index contributed by atoms with van der Waals surface area (Å²) in [4.78, 5) is 15.3.